The van der Waals surface area contributed by atoms with E-state index >= 15 is 0 Å². The number of fused-ring (bicyclic) bond motifs is 1. The molecule has 1 aromatic heterocycles. The van der Waals surface area contributed by atoms with Crippen LogP contribution < -0.4 is 0 Å². The third-order valence-corrected chi connectivity index (χ3v) is 4.08. The summed E-state index contributed by atoms with van der Waals surface area (Å²) in [7, 11) is 0. The van der Waals surface area contributed by atoms with Gasteiger partial charge in [0.25, 0.3) is 0 Å². The van der Waals surface area contributed by atoms with Gasteiger partial charge in [0.15, 0.2) is 0 Å². The molecule has 2 N–H and O–H groups in total. The third kappa shape index (κ3) is 2.65. The van der Waals surface area contributed by atoms with Crippen LogP contribution in [0, 0.1) is 5.82 Å². The molecule has 1 heterocycles. The van der Waals surface area contributed by atoms with Crippen molar-refractivity contribution in [2.45, 2.75) is 0 Å². The number of aromatic carboxylic acids is 1. The molecule has 0 saturated carbocycles. The number of aromatic nitrogens is 2. The number of nitrogens with zero attached hydrogens (tertiary/aromatic N) is 1. The van der Waals surface area contributed by atoms with Gasteiger partial charge in [-0.1, -0.05) is 42.5 Å². The van der Waals surface area contributed by atoms with Crippen molar-refractivity contribution in [2.24, 2.45) is 0 Å². The SMILES string of the molecule is O=C(O)c1ccc(-c2ccccc2-c2nc3ccccc3[nH]2)cc1F. The average Bonchev–Trinajstić information content (AvgIpc) is 3.05. The Kier molecular flexibility index (Phi) is 3.54. The highest BCUT2D eigenvalue weighted by Crippen LogP contribution is 2.32. The number of imidazole rings is 1. The monoisotopic (exact) mass is 332 g/mol. The Balaban J connectivity index is 1.87. The molecule has 0 aliphatic carbocycles. The van der Waals surface area contributed by atoms with E-state index in [9.17, 15) is 9.18 Å². The summed E-state index contributed by atoms with van der Waals surface area (Å²) in [6, 6.07) is 19.3. The maximum Gasteiger partial charge on any atom is 0.338 e. The molecule has 25 heavy (non-hydrogen) atoms. The van der Waals surface area contributed by atoms with Crippen molar-refractivity contribution in [3.05, 3.63) is 78.1 Å². The van der Waals surface area contributed by atoms with Crippen LogP contribution in [0.4, 0.5) is 4.39 Å². The molecule has 0 saturated heterocycles. The fourth-order valence-corrected chi connectivity index (χ4v) is 2.88. The molecular weight excluding hydrogens is 319 g/mol. The zero-order chi connectivity index (χ0) is 17.4. The highest BCUT2D eigenvalue weighted by molar-refractivity contribution is 5.90. The number of rotatable bonds is 3. The highest BCUT2D eigenvalue weighted by Gasteiger charge is 2.15. The van der Waals surface area contributed by atoms with Gasteiger partial charge in [0.2, 0.25) is 0 Å². The van der Waals surface area contributed by atoms with Gasteiger partial charge >= 0.3 is 5.97 Å². The molecule has 3 aromatic carbocycles. The first kappa shape index (κ1) is 15.1. The molecule has 4 rings (SSSR count). The largest absolute Gasteiger partial charge is 0.478 e. The molecule has 0 bridgehead atoms. The smallest absolute Gasteiger partial charge is 0.338 e. The number of para-hydroxylation sites is 2. The van der Waals surface area contributed by atoms with E-state index in [1.54, 1.807) is 6.07 Å². The number of nitrogens with one attached hydrogen (secondary N) is 1. The van der Waals surface area contributed by atoms with Gasteiger partial charge in [-0.25, -0.2) is 14.2 Å². The number of halogens is 1. The summed E-state index contributed by atoms with van der Waals surface area (Å²) < 4.78 is 14.1. The molecule has 0 aliphatic rings. The van der Waals surface area contributed by atoms with Gasteiger partial charge in [-0.05, 0) is 35.4 Å². The van der Waals surface area contributed by atoms with Crippen LogP contribution >= 0.6 is 0 Å². The maximum atomic E-state index is 14.1. The number of hydrogen-bond acceptors (Lipinski definition) is 2. The molecule has 4 aromatic rings. The summed E-state index contributed by atoms with van der Waals surface area (Å²) >= 11 is 0. The van der Waals surface area contributed by atoms with Crippen molar-refractivity contribution in [3.63, 3.8) is 0 Å². The van der Waals surface area contributed by atoms with Crippen LogP contribution in [0.2, 0.25) is 0 Å². The van der Waals surface area contributed by atoms with E-state index in [-0.39, 0.29) is 5.56 Å². The Labute approximate surface area is 142 Å². The van der Waals surface area contributed by atoms with Crippen molar-refractivity contribution in [1.29, 1.82) is 0 Å². The number of H-pyrrole nitrogens is 1. The fraction of sp³-hybridized carbons (Fsp3) is 0. The molecule has 0 aliphatic heterocycles. The molecule has 0 fully saturated rings. The molecule has 0 unspecified atom stereocenters. The Morgan fingerprint density at radius 3 is 2.40 bits per heavy atom. The van der Waals surface area contributed by atoms with E-state index in [1.807, 2.05) is 48.5 Å². The number of benzene rings is 3. The van der Waals surface area contributed by atoms with Crippen LogP contribution in [0.25, 0.3) is 33.5 Å². The lowest BCUT2D eigenvalue weighted by Crippen LogP contribution is -2.00. The summed E-state index contributed by atoms with van der Waals surface area (Å²) in [4.78, 5) is 18.9. The highest BCUT2D eigenvalue weighted by atomic mass is 19.1. The molecule has 0 atom stereocenters. The molecular formula is C20H13FN2O2. The zero-order valence-corrected chi connectivity index (χ0v) is 13.0. The van der Waals surface area contributed by atoms with Crippen molar-refractivity contribution in [2.75, 3.05) is 0 Å². The Bertz CT molecular complexity index is 1070. The minimum absolute atomic E-state index is 0.343. The topological polar surface area (TPSA) is 66.0 Å². The average molecular weight is 332 g/mol. The molecule has 5 heteroatoms. The first-order valence-electron chi connectivity index (χ1n) is 7.71. The first-order valence-corrected chi connectivity index (χ1v) is 7.71. The van der Waals surface area contributed by atoms with Crippen molar-refractivity contribution in [1.82, 2.24) is 9.97 Å². The minimum atomic E-state index is -1.28. The van der Waals surface area contributed by atoms with Gasteiger partial charge in [-0.15, -0.1) is 0 Å². The maximum absolute atomic E-state index is 14.1. The number of aromatic amines is 1. The van der Waals surface area contributed by atoms with Gasteiger partial charge < -0.3 is 10.1 Å². The van der Waals surface area contributed by atoms with Gasteiger partial charge in [0, 0.05) is 5.56 Å². The van der Waals surface area contributed by atoms with E-state index in [1.165, 1.54) is 12.1 Å². The van der Waals surface area contributed by atoms with E-state index in [0.717, 1.165) is 22.2 Å². The lowest BCUT2D eigenvalue weighted by molar-refractivity contribution is 0.0692. The second-order valence-electron chi connectivity index (χ2n) is 5.65. The van der Waals surface area contributed by atoms with E-state index in [4.69, 9.17) is 5.11 Å². The Morgan fingerprint density at radius 2 is 1.68 bits per heavy atom. The number of carboxylic acids is 1. The van der Waals surface area contributed by atoms with Crippen molar-refractivity contribution >= 4 is 17.0 Å². The van der Waals surface area contributed by atoms with Crippen LogP contribution in [-0.4, -0.2) is 21.0 Å². The summed E-state index contributed by atoms with van der Waals surface area (Å²) in [5.41, 5.74) is 3.61. The number of carboxylic acid groups (broad SMARTS) is 1. The molecule has 0 amide bonds. The van der Waals surface area contributed by atoms with Crippen LogP contribution in [0.15, 0.2) is 66.7 Å². The van der Waals surface area contributed by atoms with Crippen LogP contribution in [0.1, 0.15) is 10.4 Å². The van der Waals surface area contributed by atoms with E-state index in [2.05, 4.69) is 9.97 Å². The fourth-order valence-electron chi connectivity index (χ4n) is 2.88. The Hall–Kier alpha value is -3.47. The van der Waals surface area contributed by atoms with Gasteiger partial charge in [0.1, 0.15) is 11.6 Å². The van der Waals surface area contributed by atoms with Crippen LogP contribution in [0.3, 0.4) is 0 Å². The van der Waals surface area contributed by atoms with Crippen molar-refractivity contribution in [3.8, 4) is 22.5 Å². The lowest BCUT2D eigenvalue weighted by Gasteiger charge is -2.09. The summed E-state index contributed by atoms with van der Waals surface area (Å²) in [5.74, 6) is -1.36. The Morgan fingerprint density at radius 1 is 0.960 bits per heavy atom. The van der Waals surface area contributed by atoms with E-state index in [0.29, 0.717) is 11.4 Å². The van der Waals surface area contributed by atoms with Crippen LogP contribution in [-0.2, 0) is 0 Å². The summed E-state index contributed by atoms with van der Waals surface area (Å²) in [6.45, 7) is 0. The minimum Gasteiger partial charge on any atom is -0.478 e. The molecule has 4 nitrogen and oxygen atoms in total. The zero-order valence-electron chi connectivity index (χ0n) is 13.0. The predicted molar refractivity (Wildman–Crippen MR) is 93.9 cm³/mol. The molecule has 122 valence electrons. The second-order valence-corrected chi connectivity index (χ2v) is 5.65. The summed E-state index contributed by atoms with van der Waals surface area (Å²) in [6.07, 6.45) is 0. The second kappa shape index (κ2) is 5.87. The lowest BCUT2D eigenvalue weighted by atomic mass is 9.98. The normalized spacial score (nSPS) is 10.9. The molecule has 0 radical (unpaired) electrons. The third-order valence-electron chi connectivity index (χ3n) is 4.08. The van der Waals surface area contributed by atoms with E-state index < -0.39 is 11.8 Å². The van der Waals surface area contributed by atoms with Crippen molar-refractivity contribution < 1.29 is 14.3 Å². The number of carbonyl (C=O) groups is 1. The molecule has 0 spiro atoms. The van der Waals surface area contributed by atoms with Gasteiger partial charge in [0.05, 0.1) is 16.6 Å². The predicted octanol–water partition coefficient (Wildman–Crippen LogP) is 4.73. The summed E-state index contributed by atoms with van der Waals surface area (Å²) in [5, 5.41) is 8.99. The van der Waals surface area contributed by atoms with Crippen LogP contribution in [0.5, 0.6) is 0 Å². The first-order chi connectivity index (χ1) is 12.1. The standard InChI is InChI=1S/C20H13FN2O2/c21-16-11-12(9-10-15(16)20(24)25)13-5-1-2-6-14(13)19-22-17-7-3-4-8-18(17)23-19/h1-11H,(H,22,23)(H,24,25). The van der Waals surface area contributed by atoms with Gasteiger partial charge in [-0.3, -0.25) is 0 Å². The van der Waals surface area contributed by atoms with Gasteiger partial charge in [-0.2, -0.15) is 0 Å². The quantitative estimate of drug-likeness (QED) is 0.570. The number of hydrogen-bond donors (Lipinski definition) is 2.